The number of fused-ring (bicyclic) bond motifs is 1. The molecule has 2 nitrogen and oxygen atoms in total. The van der Waals surface area contributed by atoms with Gasteiger partial charge < -0.3 is 4.90 Å². The van der Waals surface area contributed by atoms with Crippen molar-refractivity contribution in [2.45, 2.75) is 19.8 Å². The first-order valence-corrected chi connectivity index (χ1v) is 4.59. The molecule has 12 heavy (non-hydrogen) atoms. The number of hydrogen-bond acceptors (Lipinski definition) is 2. The summed E-state index contributed by atoms with van der Waals surface area (Å²) in [7, 11) is 0. The molecule has 0 N–H and O–H groups in total. The molecule has 0 spiro atoms. The van der Waals surface area contributed by atoms with Gasteiger partial charge in [-0.1, -0.05) is 0 Å². The Morgan fingerprint density at radius 3 is 3.33 bits per heavy atom. The topological polar surface area (TPSA) is 16.1 Å². The maximum absolute atomic E-state index is 4.15. The number of aromatic nitrogens is 1. The van der Waals surface area contributed by atoms with Crippen molar-refractivity contribution in [1.82, 2.24) is 4.98 Å². The van der Waals surface area contributed by atoms with Gasteiger partial charge in [-0.25, -0.2) is 0 Å². The van der Waals surface area contributed by atoms with Crippen molar-refractivity contribution in [1.29, 1.82) is 0 Å². The van der Waals surface area contributed by atoms with E-state index in [2.05, 4.69) is 22.9 Å². The van der Waals surface area contributed by atoms with Crippen LogP contribution in [0, 0.1) is 0 Å². The van der Waals surface area contributed by atoms with Crippen LogP contribution < -0.4 is 4.90 Å². The number of aryl methyl sites for hydroxylation is 1. The highest BCUT2D eigenvalue weighted by molar-refractivity contribution is 5.53. The third kappa shape index (κ3) is 1.17. The van der Waals surface area contributed by atoms with E-state index in [4.69, 9.17) is 0 Å². The lowest BCUT2D eigenvalue weighted by molar-refractivity contribution is 0.705. The predicted octanol–water partition coefficient (Wildman–Crippen LogP) is 1.85. The van der Waals surface area contributed by atoms with E-state index in [1.54, 1.807) is 0 Å². The first kappa shape index (κ1) is 7.59. The van der Waals surface area contributed by atoms with Crippen molar-refractivity contribution in [2.75, 3.05) is 18.0 Å². The highest BCUT2D eigenvalue weighted by atomic mass is 15.1. The molecule has 0 aromatic carbocycles. The number of anilines is 1. The van der Waals surface area contributed by atoms with Gasteiger partial charge in [0, 0.05) is 19.3 Å². The van der Waals surface area contributed by atoms with Gasteiger partial charge in [-0.2, -0.15) is 0 Å². The van der Waals surface area contributed by atoms with Crippen LogP contribution in [0.4, 0.5) is 5.69 Å². The average molecular weight is 162 g/mol. The first-order valence-electron chi connectivity index (χ1n) is 4.59. The third-order valence-electron chi connectivity index (χ3n) is 2.48. The predicted molar refractivity (Wildman–Crippen MR) is 50.4 cm³/mol. The molecule has 2 heteroatoms. The second-order valence-corrected chi connectivity index (χ2v) is 3.19. The summed E-state index contributed by atoms with van der Waals surface area (Å²) in [6.07, 6.45) is 6.37. The minimum absolute atomic E-state index is 1.10. The maximum atomic E-state index is 4.15. The molecule has 0 saturated heterocycles. The van der Waals surface area contributed by atoms with Crippen LogP contribution >= 0.6 is 0 Å². The normalized spacial score (nSPS) is 15.9. The molecule has 0 fully saturated rings. The summed E-state index contributed by atoms with van der Waals surface area (Å²) in [5.41, 5.74) is 2.80. The zero-order valence-electron chi connectivity index (χ0n) is 7.45. The number of rotatable bonds is 1. The van der Waals surface area contributed by atoms with Gasteiger partial charge in [0.05, 0.1) is 11.9 Å². The fourth-order valence-corrected chi connectivity index (χ4v) is 1.82. The fraction of sp³-hybridized carbons (Fsp3) is 0.500. The lowest BCUT2D eigenvalue weighted by atomic mass is 10.0. The van der Waals surface area contributed by atoms with E-state index in [1.807, 2.05) is 12.4 Å². The molecular weight excluding hydrogens is 148 g/mol. The van der Waals surface area contributed by atoms with E-state index in [0.717, 1.165) is 6.54 Å². The van der Waals surface area contributed by atoms with Gasteiger partial charge in [-0.3, -0.25) is 4.98 Å². The van der Waals surface area contributed by atoms with Crippen LogP contribution in [0.3, 0.4) is 0 Å². The van der Waals surface area contributed by atoms with Crippen LogP contribution in [-0.2, 0) is 6.42 Å². The van der Waals surface area contributed by atoms with E-state index >= 15 is 0 Å². The van der Waals surface area contributed by atoms with Crippen LogP contribution in [-0.4, -0.2) is 18.1 Å². The van der Waals surface area contributed by atoms with Crippen LogP contribution in [0.1, 0.15) is 18.9 Å². The van der Waals surface area contributed by atoms with Gasteiger partial charge in [0.1, 0.15) is 0 Å². The SMILES string of the molecule is CCN1CCCc2ccncc21. The maximum Gasteiger partial charge on any atom is 0.0585 e. The highest BCUT2D eigenvalue weighted by Gasteiger charge is 2.14. The van der Waals surface area contributed by atoms with Gasteiger partial charge in [0.2, 0.25) is 0 Å². The summed E-state index contributed by atoms with van der Waals surface area (Å²) >= 11 is 0. The molecule has 0 unspecified atom stereocenters. The fourth-order valence-electron chi connectivity index (χ4n) is 1.82. The smallest absolute Gasteiger partial charge is 0.0585 e. The van der Waals surface area contributed by atoms with Gasteiger partial charge in [0.15, 0.2) is 0 Å². The molecule has 0 amide bonds. The lowest BCUT2D eigenvalue weighted by Gasteiger charge is -2.29. The third-order valence-corrected chi connectivity index (χ3v) is 2.48. The Kier molecular flexibility index (Phi) is 1.98. The van der Waals surface area contributed by atoms with Crippen molar-refractivity contribution >= 4 is 5.69 Å². The molecule has 0 saturated carbocycles. The first-order chi connectivity index (χ1) is 5.92. The molecule has 0 atom stereocenters. The van der Waals surface area contributed by atoms with Crippen molar-refractivity contribution in [2.24, 2.45) is 0 Å². The summed E-state index contributed by atoms with van der Waals surface area (Å²) in [5.74, 6) is 0. The quantitative estimate of drug-likeness (QED) is 0.626. The Balaban J connectivity index is 2.37. The zero-order valence-corrected chi connectivity index (χ0v) is 7.45. The minimum atomic E-state index is 1.10. The molecule has 0 radical (unpaired) electrons. The Morgan fingerprint density at radius 1 is 1.58 bits per heavy atom. The highest BCUT2D eigenvalue weighted by Crippen LogP contribution is 2.24. The zero-order chi connectivity index (χ0) is 8.39. The molecule has 0 bridgehead atoms. The monoisotopic (exact) mass is 162 g/mol. The summed E-state index contributed by atoms with van der Waals surface area (Å²) in [6, 6.07) is 2.14. The van der Waals surface area contributed by atoms with Crippen LogP contribution in [0.5, 0.6) is 0 Å². The largest absolute Gasteiger partial charge is 0.370 e. The van der Waals surface area contributed by atoms with E-state index in [0.29, 0.717) is 0 Å². The van der Waals surface area contributed by atoms with E-state index < -0.39 is 0 Å². The Bertz CT molecular complexity index is 270. The molecule has 0 aliphatic carbocycles. The van der Waals surface area contributed by atoms with Gasteiger partial charge in [-0.15, -0.1) is 0 Å². The van der Waals surface area contributed by atoms with Crippen LogP contribution in [0.25, 0.3) is 0 Å². The van der Waals surface area contributed by atoms with E-state index in [1.165, 1.54) is 30.6 Å². The van der Waals surface area contributed by atoms with Crippen molar-refractivity contribution in [3.8, 4) is 0 Å². The summed E-state index contributed by atoms with van der Waals surface area (Å²) in [5, 5.41) is 0. The van der Waals surface area contributed by atoms with Gasteiger partial charge >= 0.3 is 0 Å². The molecule has 1 aromatic rings. The van der Waals surface area contributed by atoms with Crippen LogP contribution in [0.2, 0.25) is 0 Å². The molecular formula is C10H14N2. The van der Waals surface area contributed by atoms with Crippen molar-refractivity contribution < 1.29 is 0 Å². The molecule has 1 aliphatic rings. The summed E-state index contributed by atoms with van der Waals surface area (Å²) < 4.78 is 0. The molecule has 1 aromatic heterocycles. The lowest BCUT2D eigenvalue weighted by Crippen LogP contribution is -2.28. The standard InChI is InChI=1S/C10H14N2/c1-2-12-7-3-4-9-5-6-11-8-10(9)12/h5-6,8H,2-4,7H2,1H3. The average Bonchev–Trinajstić information content (AvgIpc) is 2.17. The Labute approximate surface area is 73.2 Å². The van der Waals surface area contributed by atoms with Crippen molar-refractivity contribution in [3.05, 3.63) is 24.0 Å². The molecule has 2 heterocycles. The minimum Gasteiger partial charge on any atom is -0.370 e. The number of pyridine rings is 1. The second kappa shape index (κ2) is 3.13. The molecule has 1 aliphatic heterocycles. The van der Waals surface area contributed by atoms with Crippen LogP contribution in [0.15, 0.2) is 18.5 Å². The Hall–Kier alpha value is -1.05. The summed E-state index contributed by atoms with van der Waals surface area (Å²) in [4.78, 5) is 6.55. The molecule has 2 rings (SSSR count). The van der Waals surface area contributed by atoms with Gasteiger partial charge in [0.25, 0.3) is 0 Å². The molecule has 64 valence electrons. The second-order valence-electron chi connectivity index (χ2n) is 3.19. The van der Waals surface area contributed by atoms with E-state index in [-0.39, 0.29) is 0 Å². The summed E-state index contributed by atoms with van der Waals surface area (Å²) in [6.45, 7) is 4.48. The number of nitrogens with zero attached hydrogens (tertiary/aromatic N) is 2. The van der Waals surface area contributed by atoms with E-state index in [9.17, 15) is 0 Å². The number of hydrogen-bond donors (Lipinski definition) is 0. The van der Waals surface area contributed by atoms with Crippen molar-refractivity contribution in [3.63, 3.8) is 0 Å². The van der Waals surface area contributed by atoms with Gasteiger partial charge in [-0.05, 0) is 31.4 Å². The Morgan fingerprint density at radius 2 is 2.50 bits per heavy atom.